The van der Waals surface area contributed by atoms with Crippen molar-refractivity contribution in [1.29, 1.82) is 0 Å². The van der Waals surface area contributed by atoms with Crippen molar-refractivity contribution in [2.75, 3.05) is 13.2 Å². The minimum atomic E-state index is -0.779. The van der Waals surface area contributed by atoms with Crippen molar-refractivity contribution in [1.82, 2.24) is 10.2 Å². The van der Waals surface area contributed by atoms with Crippen molar-refractivity contribution in [2.24, 2.45) is 5.92 Å². The number of benzene rings is 2. The van der Waals surface area contributed by atoms with Crippen LogP contribution in [0.25, 0.3) is 0 Å². The van der Waals surface area contributed by atoms with Gasteiger partial charge in [0.2, 0.25) is 0 Å². The van der Waals surface area contributed by atoms with Gasteiger partial charge in [0, 0.05) is 6.54 Å². The van der Waals surface area contributed by atoms with E-state index < -0.39 is 30.4 Å². The molecule has 3 rings (SSSR count). The molecular formula is C24H25FN2O5. The van der Waals surface area contributed by atoms with E-state index in [-0.39, 0.29) is 28.4 Å². The van der Waals surface area contributed by atoms with E-state index in [1.54, 1.807) is 19.1 Å². The van der Waals surface area contributed by atoms with E-state index in [1.807, 2.05) is 13.8 Å². The van der Waals surface area contributed by atoms with E-state index in [0.29, 0.717) is 24.4 Å². The maximum absolute atomic E-state index is 13.0. The smallest absolute Gasteiger partial charge is 0.338 e. The number of nitrogens with zero attached hydrogens (tertiary/aromatic N) is 1. The Bertz CT molecular complexity index is 1050. The van der Waals surface area contributed by atoms with Crippen molar-refractivity contribution in [3.8, 4) is 0 Å². The summed E-state index contributed by atoms with van der Waals surface area (Å²) in [7, 11) is 0. The van der Waals surface area contributed by atoms with Crippen molar-refractivity contribution in [2.45, 2.75) is 33.2 Å². The SMILES string of the molecule is CC(C)CCN1C(=O)c2ccc(C(=O)OCC(=O)NC(C)c3ccc(F)cc3)cc2C1=O. The van der Waals surface area contributed by atoms with Crippen LogP contribution in [0.2, 0.25) is 0 Å². The Morgan fingerprint density at radius 2 is 1.66 bits per heavy atom. The summed E-state index contributed by atoms with van der Waals surface area (Å²) in [6, 6.07) is 9.45. The summed E-state index contributed by atoms with van der Waals surface area (Å²) in [6.45, 7) is 5.53. The number of hydrogen-bond acceptors (Lipinski definition) is 5. The molecule has 0 aliphatic carbocycles. The molecule has 0 aromatic heterocycles. The number of amides is 3. The fourth-order valence-electron chi connectivity index (χ4n) is 3.34. The number of ether oxygens (including phenoxy) is 1. The second-order valence-corrected chi connectivity index (χ2v) is 8.12. The predicted octanol–water partition coefficient (Wildman–Crippen LogP) is 3.50. The highest BCUT2D eigenvalue weighted by molar-refractivity contribution is 6.22. The van der Waals surface area contributed by atoms with E-state index in [1.165, 1.54) is 35.2 Å². The quantitative estimate of drug-likeness (QED) is 0.501. The topological polar surface area (TPSA) is 92.8 Å². The summed E-state index contributed by atoms with van der Waals surface area (Å²) >= 11 is 0. The molecular weight excluding hydrogens is 415 g/mol. The summed E-state index contributed by atoms with van der Waals surface area (Å²) in [5, 5.41) is 2.66. The van der Waals surface area contributed by atoms with E-state index in [4.69, 9.17) is 4.74 Å². The first kappa shape index (κ1) is 23.1. The summed E-state index contributed by atoms with van der Waals surface area (Å²) in [5.41, 5.74) is 1.19. The Kier molecular flexibility index (Phi) is 7.02. The third-order valence-electron chi connectivity index (χ3n) is 5.22. The van der Waals surface area contributed by atoms with Gasteiger partial charge in [0.1, 0.15) is 5.82 Å². The van der Waals surface area contributed by atoms with Crippen molar-refractivity contribution >= 4 is 23.7 Å². The lowest BCUT2D eigenvalue weighted by molar-refractivity contribution is -0.124. The Morgan fingerprint density at radius 1 is 1.00 bits per heavy atom. The summed E-state index contributed by atoms with van der Waals surface area (Å²) in [4.78, 5) is 50.7. The Hall–Kier alpha value is -3.55. The van der Waals surface area contributed by atoms with Crippen LogP contribution in [-0.2, 0) is 9.53 Å². The van der Waals surface area contributed by atoms with E-state index in [2.05, 4.69) is 5.32 Å². The third kappa shape index (κ3) is 5.19. The first-order chi connectivity index (χ1) is 15.2. The van der Waals surface area contributed by atoms with Gasteiger partial charge < -0.3 is 10.1 Å². The van der Waals surface area contributed by atoms with Gasteiger partial charge in [-0.1, -0.05) is 26.0 Å². The van der Waals surface area contributed by atoms with Crippen LogP contribution in [0, 0.1) is 11.7 Å². The number of carbonyl (C=O) groups excluding carboxylic acids is 4. The monoisotopic (exact) mass is 440 g/mol. The summed E-state index contributed by atoms with van der Waals surface area (Å²) < 4.78 is 18.1. The molecule has 0 fully saturated rings. The average Bonchev–Trinajstić information content (AvgIpc) is 3.00. The highest BCUT2D eigenvalue weighted by Crippen LogP contribution is 2.25. The van der Waals surface area contributed by atoms with Gasteiger partial charge in [-0.15, -0.1) is 0 Å². The molecule has 0 spiro atoms. The van der Waals surface area contributed by atoms with Crippen LogP contribution < -0.4 is 5.32 Å². The van der Waals surface area contributed by atoms with Crippen LogP contribution in [0.5, 0.6) is 0 Å². The lowest BCUT2D eigenvalue weighted by Gasteiger charge is -2.14. The summed E-state index contributed by atoms with van der Waals surface area (Å²) in [5.74, 6) is -2.16. The number of imide groups is 1. The van der Waals surface area contributed by atoms with E-state index in [0.717, 1.165) is 0 Å². The molecule has 2 aromatic carbocycles. The molecule has 0 saturated carbocycles. The standard InChI is InChI=1S/C24H25FN2O5/c1-14(2)10-11-27-22(29)19-9-6-17(12-20(19)23(27)30)24(31)32-13-21(28)26-15(3)16-4-7-18(25)8-5-16/h4-9,12,14-15H,10-11,13H2,1-3H3,(H,26,28). The second-order valence-electron chi connectivity index (χ2n) is 8.12. The van der Waals surface area contributed by atoms with Crippen molar-refractivity contribution in [3.05, 3.63) is 70.5 Å². The molecule has 32 heavy (non-hydrogen) atoms. The van der Waals surface area contributed by atoms with Crippen LogP contribution >= 0.6 is 0 Å². The van der Waals surface area contributed by atoms with E-state index >= 15 is 0 Å². The predicted molar refractivity (Wildman–Crippen MR) is 115 cm³/mol. The minimum Gasteiger partial charge on any atom is -0.452 e. The highest BCUT2D eigenvalue weighted by Gasteiger charge is 2.35. The minimum absolute atomic E-state index is 0.0787. The van der Waals surface area contributed by atoms with Gasteiger partial charge in [-0.05, 0) is 55.2 Å². The van der Waals surface area contributed by atoms with Crippen LogP contribution in [-0.4, -0.2) is 41.7 Å². The molecule has 8 heteroatoms. The van der Waals surface area contributed by atoms with Gasteiger partial charge >= 0.3 is 5.97 Å². The second kappa shape index (κ2) is 9.72. The zero-order chi connectivity index (χ0) is 23.4. The Labute approximate surface area is 185 Å². The molecule has 2 aromatic rings. The maximum Gasteiger partial charge on any atom is 0.338 e. The average molecular weight is 440 g/mol. The molecule has 0 radical (unpaired) electrons. The van der Waals surface area contributed by atoms with Gasteiger partial charge in [-0.3, -0.25) is 19.3 Å². The molecule has 1 aliphatic heterocycles. The molecule has 168 valence electrons. The number of carbonyl (C=O) groups is 4. The maximum atomic E-state index is 13.0. The molecule has 1 heterocycles. The number of halogens is 1. The lowest BCUT2D eigenvalue weighted by Crippen LogP contribution is -2.31. The van der Waals surface area contributed by atoms with Crippen LogP contribution in [0.3, 0.4) is 0 Å². The van der Waals surface area contributed by atoms with Gasteiger partial charge in [0.25, 0.3) is 17.7 Å². The van der Waals surface area contributed by atoms with Gasteiger partial charge in [0.15, 0.2) is 6.61 Å². The van der Waals surface area contributed by atoms with E-state index in [9.17, 15) is 23.6 Å². The first-order valence-electron chi connectivity index (χ1n) is 10.4. The van der Waals surface area contributed by atoms with Gasteiger partial charge in [0.05, 0.1) is 22.7 Å². The Morgan fingerprint density at radius 3 is 2.31 bits per heavy atom. The molecule has 0 saturated heterocycles. The molecule has 1 N–H and O–H groups in total. The van der Waals surface area contributed by atoms with Crippen molar-refractivity contribution < 1.29 is 28.3 Å². The molecule has 7 nitrogen and oxygen atoms in total. The molecule has 1 aliphatic rings. The molecule has 1 unspecified atom stereocenters. The lowest BCUT2D eigenvalue weighted by atomic mass is 10.1. The largest absolute Gasteiger partial charge is 0.452 e. The zero-order valence-corrected chi connectivity index (χ0v) is 18.2. The number of nitrogens with one attached hydrogen (secondary N) is 1. The van der Waals surface area contributed by atoms with Crippen LogP contribution in [0.4, 0.5) is 4.39 Å². The fraction of sp³-hybridized carbons (Fsp3) is 0.333. The number of rotatable bonds is 8. The number of fused-ring (bicyclic) bond motifs is 1. The third-order valence-corrected chi connectivity index (χ3v) is 5.22. The number of esters is 1. The van der Waals surface area contributed by atoms with Crippen molar-refractivity contribution in [3.63, 3.8) is 0 Å². The Balaban J connectivity index is 1.58. The molecule has 3 amide bonds. The molecule has 0 bridgehead atoms. The normalized spacial score (nSPS) is 13.8. The summed E-state index contributed by atoms with van der Waals surface area (Å²) in [6.07, 6.45) is 0.686. The van der Waals surface area contributed by atoms with Gasteiger partial charge in [-0.25, -0.2) is 9.18 Å². The zero-order valence-electron chi connectivity index (χ0n) is 18.2. The van der Waals surface area contributed by atoms with Crippen LogP contribution in [0.15, 0.2) is 42.5 Å². The molecule has 1 atom stereocenters. The van der Waals surface area contributed by atoms with Gasteiger partial charge in [-0.2, -0.15) is 0 Å². The number of hydrogen-bond donors (Lipinski definition) is 1. The van der Waals surface area contributed by atoms with Crippen LogP contribution in [0.1, 0.15) is 69.9 Å². The first-order valence-corrected chi connectivity index (χ1v) is 10.4. The highest BCUT2D eigenvalue weighted by atomic mass is 19.1. The fourth-order valence-corrected chi connectivity index (χ4v) is 3.34.